The Morgan fingerprint density at radius 3 is 2.44 bits per heavy atom. The van der Waals surface area contributed by atoms with E-state index < -0.39 is 27.4 Å². The zero-order valence-corrected chi connectivity index (χ0v) is 21.7. The van der Waals surface area contributed by atoms with Crippen LogP contribution in [-0.2, 0) is 14.4 Å². The molecule has 0 aliphatic carbocycles. The Morgan fingerprint density at radius 2 is 1.76 bits per heavy atom. The van der Waals surface area contributed by atoms with Crippen LogP contribution in [0.1, 0.15) is 53.4 Å². The molecule has 0 aromatic heterocycles. The highest BCUT2D eigenvalue weighted by atomic mass is 32.2. The Kier molecular flexibility index (Phi) is 7.21. The number of aliphatic hydroxyl groups excluding tert-OH is 1. The van der Waals surface area contributed by atoms with Crippen molar-refractivity contribution in [3.05, 3.63) is 24.3 Å². The van der Waals surface area contributed by atoms with Crippen molar-refractivity contribution in [3.63, 3.8) is 0 Å². The largest absolute Gasteiger partial charge is 0.396 e. The molecule has 0 bridgehead atoms. The number of thioether (sulfide) groups is 1. The third-order valence-electron chi connectivity index (χ3n) is 7.96. The molecule has 1 spiro atoms. The van der Waals surface area contributed by atoms with Crippen LogP contribution in [0.15, 0.2) is 24.3 Å². The first-order valence-corrected chi connectivity index (χ1v) is 13.6. The number of hydrogen-bond acceptors (Lipinski definition) is 5. The summed E-state index contributed by atoms with van der Waals surface area (Å²) >= 11 is 1.63. The molecule has 3 amide bonds. The van der Waals surface area contributed by atoms with E-state index in [1.54, 1.807) is 16.7 Å². The standard InChI is InChI=1S/C26H39N3O4S/c1-5-10-18(3)28-15-8-12-26-20(23(32)29(16-9-17-30)21(26)24(28)33)19-22(31)27(13-6-2)14-7-11-25(19,4)34-26/h7-8,11-12,18-21,30H,5-6,9-10,13-17H2,1-4H3/t18?,19-,20-,21?,25+,26-/m0/s1. The highest BCUT2D eigenvalue weighted by Gasteiger charge is 2.73. The Labute approximate surface area is 207 Å². The summed E-state index contributed by atoms with van der Waals surface area (Å²) in [4.78, 5) is 47.5. The van der Waals surface area contributed by atoms with E-state index in [0.717, 1.165) is 19.3 Å². The monoisotopic (exact) mass is 489 g/mol. The summed E-state index contributed by atoms with van der Waals surface area (Å²) in [5, 5.41) is 9.52. The topological polar surface area (TPSA) is 81.2 Å². The Hall–Kier alpha value is -1.80. The second-order valence-electron chi connectivity index (χ2n) is 10.3. The highest BCUT2D eigenvalue weighted by Crippen LogP contribution is 2.65. The molecule has 2 fully saturated rings. The number of fused-ring (bicyclic) bond motifs is 2. The van der Waals surface area contributed by atoms with E-state index in [2.05, 4.69) is 45.9 Å². The van der Waals surface area contributed by atoms with Gasteiger partial charge in [0.25, 0.3) is 0 Å². The van der Waals surface area contributed by atoms with Gasteiger partial charge < -0.3 is 19.8 Å². The molecule has 0 aromatic rings. The third-order valence-corrected chi connectivity index (χ3v) is 9.76. The number of carbonyl (C=O) groups excluding carboxylic acids is 3. The van der Waals surface area contributed by atoms with E-state index in [9.17, 15) is 19.5 Å². The average Bonchev–Trinajstić information content (AvgIpc) is 3.06. The molecule has 0 aromatic carbocycles. The molecule has 7 nitrogen and oxygen atoms in total. The lowest BCUT2D eigenvalue weighted by Gasteiger charge is -2.38. The fourth-order valence-corrected chi connectivity index (χ4v) is 8.67. The predicted molar refractivity (Wildman–Crippen MR) is 134 cm³/mol. The van der Waals surface area contributed by atoms with Gasteiger partial charge in [0.05, 0.1) is 16.6 Å². The van der Waals surface area contributed by atoms with Gasteiger partial charge in [-0.3, -0.25) is 14.4 Å². The number of rotatable bonds is 8. The quantitative estimate of drug-likeness (QED) is 0.530. The van der Waals surface area contributed by atoms with Crippen molar-refractivity contribution in [1.29, 1.82) is 0 Å². The van der Waals surface area contributed by atoms with E-state index in [4.69, 9.17) is 0 Å². The van der Waals surface area contributed by atoms with Crippen LogP contribution in [0.5, 0.6) is 0 Å². The highest BCUT2D eigenvalue weighted by molar-refractivity contribution is 8.02. The molecule has 0 saturated carbocycles. The first kappa shape index (κ1) is 25.3. The molecule has 188 valence electrons. The predicted octanol–water partition coefficient (Wildman–Crippen LogP) is 2.45. The summed E-state index contributed by atoms with van der Waals surface area (Å²) in [7, 11) is 0. The Bertz CT molecular complexity index is 891. The summed E-state index contributed by atoms with van der Waals surface area (Å²) in [6.45, 7) is 10.3. The van der Waals surface area contributed by atoms with Crippen molar-refractivity contribution in [3.8, 4) is 0 Å². The molecular weight excluding hydrogens is 450 g/mol. The molecule has 4 rings (SSSR count). The molecule has 34 heavy (non-hydrogen) atoms. The van der Waals surface area contributed by atoms with Crippen molar-refractivity contribution in [2.24, 2.45) is 11.8 Å². The molecule has 6 atom stereocenters. The molecule has 8 heteroatoms. The van der Waals surface area contributed by atoms with Crippen molar-refractivity contribution >= 4 is 29.5 Å². The van der Waals surface area contributed by atoms with Gasteiger partial charge in [0.1, 0.15) is 6.04 Å². The number of likely N-dealkylation sites (tertiary alicyclic amines) is 1. The van der Waals surface area contributed by atoms with Crippen LogP contribution in [-0.4, -0.2) is 91.9 Å². The van der Waals surface area contributed by atoms with Gasteiger partial charge in [-0.25, -0.2) is 0 Å². The van der Waals surface area contributed by atoms with Crippen molar-refractivity contribution in [2.45, 2.75) is 75.0 Å². The van der Waals surface area contributed by atoms with Crippen molar-refractivity contribution in [2.75, 3.05) is 32.8 Å². The SMILES string of the molecule is CCCC(C)N1CC=C[C@]23S[C@]4(C)C=CCN(CCC)C(=O)[C@@H]4[C@H]2C(=O)N(CCCO)C3C1=O. The van der Waals surface area contributed by atoms with Crippen LogP contribution in [0.3, 0.4) is 0 Å². The van der Waals surface area contributed by atoms with Crippen LogP contribution < -0.4 is 0 Å². The van der Waals surface area contributed by atoms with E-state index in [1.165, 1.54) is 0 Å². The maximum absolute atomic E-state index is 14.1. The van der Waals surface area contributed by atoms with Crippen LogP contribution in [0, 0.1) is 11.8 Å². The first-order valence-electron chi connectivity index (χ1n) is 12.8. The summed E-state index contributed by atoms with van der Waals surface area (Å²) in [6, 6.07) is -0.593. The van der Waals surface area contributed by atoms with Crippen LogP contribution in [0.4, 0.5) is 0 Å². The lowest BCUT2D eigenvalue weighted by atomic mass is 9.74. The van der Waals surface area contributed by atoms with Gasteiger partial charge in [-0.2, -0.15) is 0 Å². The van der Waals surface area contributed by atoms with Gasteiger partial charge in [-0.05, 0) is 33.1 Å². The lowest BCUT2D eigenvalue weighted by molar-refractivity contribution is -0.145. The Balaban J connectivity index is 1.82. The minimum absolute atomic E-state index is 0.0149. The van der Waals surface area contributed by atoms with Crippen LogP contribution in [0.2, 0.25) is 0 Å². The molecule has 4 aliphatic heterocycles. The third kappa shape index (κ3) is 3.81. The van der Waals surface area contributed by atoms with Gasteiger partial charge in [0.15, 0.2) is 0 Å². The van der Waals surface area contributed by atoms with Crippen LogP contribution in [0.25, 0.3) is 0 Å². The zero-order chi connectivity index (χ0) is 24.7. The maximum atomic E-state index is 14.1. The Morgan fingerprint density at radius 1 is 1.03 bits per heavy atom. The van der Waals surface area contributed by atoms with Crippen molar-refractivity contribution in [1.82, 2.24) is 14.7 Å². The van der Waals surface area contributed by atoms with E-state index in [1.807, 2.05) is 15.9 Å². The van der Waals surface area contributed by atoms with Gasteiger partial charge in [-0.15, -0.1) is 11.8 Å². The molecular formula is C26H39N3O4S. The van der Waals surface area contributed by atoms with Gasteiger partial charge in [0.2, 0.25) is 17.7 Å². The molecule has 2 unspecified atom stereocenters. The van der Waals surface area contributed by atoms with Gasteiger partial charge in [0, 0.05) is 43.6 Å². The minimum atomic E-state index is -0.793. The van der Waals surface area contributed by atoms with Gasteiger partial charge in [-0.1, -0.05) is 44.6 Å². The molecule has 4 heterocycles. The zero-order valence-electron chi connectivity index (χ0n) is 20.9. The van der Waals surface area contributed by atoms with E-state index in [-0.39, 0.29) is 30.4 Å². The summed E-state index contributed by atoms with van der Waals surface area (Å²) in [5.41, 5.74) is 0. The summed E-state index contributed by atoms with van der Waals surface area (Å²) in [6.07, 6.45) is 11.4. The summed E-state index contributed by atoms with van der Waals surface area (Å²) in [5.74, 6) is -1.26. The van der Waals surface area contributed by atoms with Crippen molar-refractivity contribution < 1.29 is 19.5 Å². The smallest absolute Gasteiger partial charge is 0.247 e. The summed E-state index contributed by atoms with van der Waals surface area (Å²) < 4.78 is -1.35. The normalized spacial score (nSPS) is 35.9. The van der Waals surface area contributed by atoms with E-state index in [0.29, 0.717) is 32.6 Å². The number of nitrogens with zero attached hydrogens (tertiary/aromatic N) is 3. The van der Waals surface area contributed by atoms with Crippen LogP contribution >= 0.6 is 11.8 Å². The first-order chi connectivity index (χ1) is 16.3. The molecule has 2 saturated heterocycles. The minimum Gasteiger partial charge on any atom is -0.396 e. The van der Waals surface area contributed by atoms with Gasteiger partial charge >= 0.3 is 0 Å². The second kappa shape index (κ2) is 9.69. The molecule has 0 radical (unpaired) electrons. The number of carbonyl (C=O) groups is 3. The maximum Gasteiger partial charge on any atom is 0.247 e. The average molecular weight is 490 g/mol. The number of aliphatic hydroxyl groups is 1. The number of hydrogen-bond donors (Lipinski definition) is 1. The fourth-order valence-electron chi connectivity index (χ4n) is 6.51. The van der Waals surface area contributed by atoms with E-state index >= 15 is 0 Å². The molecule has 1 N–H and O–H groups in total. The fraction of sp³-hybridized carbons (Fsp3) is 0.731. The molecule has 4 aliphatic rings. The second-order valence-corrected chi connectivity index (χ2v) is 12.1. The number of amides is 3. The lowest BCUT2D eigenvalue weighted by Crippen LogP contribution is -2.55.